The SMILES string of the molecule is O=S(O)(=S)c1cccnc1. The molecule has 0 aliphatic carbocycles. The van der Waals surface area contributed by atoms with Crippen molar-refractivity contribution in [3.8, 4) is 0 Å². The molecule has 1 N–H and O–H groups in total. The Hall–Kier alpha value is -0.520. The van der Waals surface area contributed by atoms with Gasteiger partial charge in [0.15, 0.2) is 8.77 Å². The van der Waals surface area contributed by atoms with Crippen LogP contribution in [0.15, 0.2) is 29.4 Å². The van der Waals surface area contributed by atoms with Gasteiger partial charge in [0.1, 0.15) is 0 Å². The van der Waals surface area contributed by atoms with Crippen molar-refractivity contribution in [2.45, 2.75) is 4.90 Å². The van der Waals surface area contributed by atoms with Crippen molar-refractivity contribution in [2.24, 2.45) is 0 Å². The molecule has 0 spiro atoms. The van der Waals surface area contributed by atoms with Crippen LogP contribution in [0.1, 0.15) is 0 Å². The number of nitrogens with zero attached hydrogens (tertiary/aromatic N) is 1. The third-order valence-electron chi connectivity index (χ3n) is 0.932. The molecule has 54 valence electrons. The number of rotatable bonds is 1. The molecule has 1 rings (SSSR count). The first kappa shape index (κ1) is 7.59. The molecule has 0 aliphatic heterocycles. The molecule has 0 radical (unpaired) electrons. The minimum atomic E-state index is -3.23. The first-order valence-electron chi connectivity index (χ1n) is 2.48. The number of pyridine rings is 1. The van der Waals surface area contributed by atoms with Crippen LogP contribution in [0.4, 0.5) is 0 Å². The molecule has 1 unspecified atom stereocenters. The molecule has 5 heteroatoms. The Morgan fingerprint density at radius 2 is 2.40 bits per heavy atom. The summed E-state index contributed by atoms with van der Waals surface area (Å²) in [6.45, 7) is 0. The monoisotopic (exact) mass is 175 g/mol. The van der Waals surface area contributed by atoms with Gasteiger partial charge in [-0.15, -0.1) is 0 Å². The van der Waals surface area contributed by atoms with Gasteiger partial charge in [-0.1, -0.05) is 0 Å². The lowest BCUT2D eigenvalue weighted by Gasteiger charge is -1.94. The van der Waals surface area contributed by atoms with E-state index in [-0.39, 0.29) is 4.90 Å². The highest BCUT2D eigenvalue weighted by Crippen LogP contribution is 2.03. The highest BCUT2D eigenvalue weighted by molar-refractivity contribution is 8.29. The molecular weight excluding hydrogens is 170 g/mol. The van der Waals surface area contributed by atoms with Crippen LogP contribution in [0.2, 0.25) is 0 Å². The van der Waals surface area contributed by atoms with E-state index in [4.69, 9.17) is 4.55 Å². The highest BCUT2D eigenvalue weighted by atomic mass is 32.8. The van der Waals surface area contributed by atoms with Gasteiger partial charge in [-0.3, -0.25) is 4.98 Å². The summed E-state index contributed by atoms with van der Waals surface area (Å²) in [7, 11) is -3.23. The normalized spacial score (nSPS) is 16.1. The van der Waals surface area contributed by atoms with Crippen LogP contribution in [0.25, 0.3) is 0 Å². The summed E-state index contributed by atoms with van der Waals surface area (Å²) in [5.74, 6) is 0. The fourth-order valence-corrected chi connectivity index (χ4v) is 1.24. The molecule has 1 aromatic rings. The van der Waals surface area contributed by atoms with Crippen LogP contribution in [0, 0.1) is 0 Å². The summed E-state index contributed by atoms with van der Waals surface area (Å²) < 4.78 is 19.5. The summed E-state index contributed by atoms with van der Waals surface area (Å²) in [4.78, 5) is 3.83. The number of hydrogen-bond donors (Lipinski definition) is 1. The van der Waals surface area contributed by atoms with Crippen LogP contribution in [0.5, 0.6) is 0 Å². The topological polar surface area (TPSA) is 50.2 Å². The lowest BCUT2D eigenvalue weighted by molar-refractivity contribution is 0.561. The van der Waals surface area contributed by atoms with Gasteiger partial charge < -0.3 is 4.55 Å². The molecule has 1 aromatic heterocycles. The van der Waals surface area contributed by atoms with Crippen LogP contribution in [-0.4, -0.2) is 13.7 Å². The molecule has 0 bridgehead atoms. The highest BCUT2D eigenvalue weighted by Gasteiger charge is 2.02. The van der Waals surface area contributed by atoms with E-state index in [1.807, 2.05) is 0 Å². The molecule has 10 heavy (non-hydrogen) atoms. The summed E-state index contributed by atoms with van der Waals surface area (Å²) in [6.07, 6.45) is 2.80. The van der Waals surface area contributed by atoms with E-state index < -0.39 is 8.77 Å². The van der Waals surface area contributed by atoms with Gasteiger partial charge in [-0.05, 0) is 12.1 Å². The second-order valence-corrected chi connectivity index (χ2v) is 4.44. The fourth-order valence-electron chi connectivity index (χ4n) is 0.500. The first-order valence-corrected chi connectivity index (χ1v) is 4.92. The zero-order valence-electron chi connectivity index (χ0n) is 4.93. The summed E-state index contributed by atoms with van der Waals surface area (Å²) in [5.41, 5.74) is 0. The summed E-state index contributed by atoms with van der Waals surface area (Å²) in [6, 6.07) is 3.04. The standard InChI is InChI=1S/C5H5NO2S2/c7-10(8,9)5-2-1-3-6-4-5/h1-4H,(H,7,8,9). The minimum Gasteiger partial charge on any atom is -0.302 e. The van der Waals surface area contributed by atoms with E-state index >= 15 is 0 Å². The Kier molecular flexibility index (Phi) is 1.98. The third-order valence-corrected chi connectivity index (χ3v) is 2.35. The van der Waals surface area contributed by atoms with Crippen LogP contribution < -0.4 is 0 Å². The van der Waals surface area contributed by atoms with E-state index in [1.165, 1.54) is 18.5 Å². The molecule has 0 aromatic carbocycles. The second-order valence-electron chi connectivity index (χ2n) is 1.66. The third kappa shape index (κ3) is 1.73. The van der Waals surface area contributed by atoms with Crippen LogP contribution in [0.3, 0.4) is 0 Å². The van der Waals surface area contributed by atoms with Crippen molar-refractivity contribution in [1.29, 1.82) is 0 Å². The fraction of sp³-hybridized carbons (Fsp3) is 0. The lowest BCUT2D eigenvalue weighted by Crippen LogP contribution is -1.95. The zero-order chi connectivity index (χ0) is 7.61. The summed E-state index contributed by atoms with van der Waals surface area (Å²) in [5, 5.41) is 0. The number of aromatic nitrogens is 1. The lowest BCUT2D eigenvalue weighted by atomic mass is 10.5. The number of hydrogen-bond acceptors (Lipinski definition) is 3. The smallest absolute Gasteiger partial charge is 0.172 e. The maximum Gasteiger partial charge on any atom is 0.172 e. The van der Waals surface area contributed by atoms with Crippen LogP contribution in [-0.2, 0) is 20.0 Å². The Labute approximate surface area is 63.6 Å². The first-order chi connectivity index (χ1) is 4.61. The average Bonchev–Trinajstić information content (AvgIpc) is 1.88. The summed E-state index contributed by atoms with van der Waals surface area (Å²) >= 11 is 4.29. The Morgan fingerprint density at radius 3 is 2.70 bits per heavy atom. The van der Waals surface area contributed by atoms with E-state index in [9.17, 15) is 4.21 Å². The molecule has 1 heterocycles. The van der Waals surface area contributed by atoms with E-state index in [0.29, 0.717) is 0 Å². The molecule has 0 aliphatic rings. The molecule has 0 amide bonds. The molecule has 3 nitrogen and oxygen atoms in total. The van der Waals surface area contributed by atoms with Gasteiger partial charge in [0.25, 0.3) is 0 Å². The predicted molar refractivity (Wildman–Crippen MR) is 40.6 cm³/mol. The van der Waals surface area contributed by atoms with Gasteiger partial charge in [0.2, 0.25) is 0 Å². The van der Waals surface area contributed by atoms with Crippen molar-refractivity contribution in [2.75, 3.05) is 0 Å². The van der Waals surface area contributed by atoms with Crippen molar-refractivity contribution in [1.82, 2.24) is 4.98 Å². The average molecular weight is 175 g/mol. The van der Waals surface area contributed by atoms with Crippen molar-refractivity contribution in [3.05, 3.63) is 24.5 Å². The van der Waals surface area contributed by atoms with Crippen LogP contribution >= 0.6 is 0 Å². The molecule has 0 saturated heterocycles. The molecular formula is C5H5NO2S2. The van der Waals surface area contributed by atoms with Gasteiger partial charge in [-0.25, -0.2) is 4.21 Å². The quantitative estimate of drug-likeness (QED) is 0.681. The maximum atomic E-state index is 10.7. The van der Waals surface area contributed by atoms with Crippen molar-refractivity contribution >= 4 is 20.0 Å². The van der Waals surface area contributed by atoms with E-state index in [1.54, 1.807) is 6.07 Å². The van der Waals surface area contributed by atoms with Crippen molar-refractivity contribution < 1.29 is 8.76 Å². The Morgan fingerprint density at radius 1 is 1.70 bits per heavy atom. The largest absolute Gasteiger partial charge is 0.302 e. The molecule has 1 atom stereocenters. The zero-order valence-corrected chi connectivity index (χ0v) is 6.56. The van der Waals surface area contributed by atoms with Gasteiger partial charge in [0.05, 0.1) is 4.90 Å². The van der Waals surface area contributed by atoms with Crippen molar-refractivity contribution in [3.63, 3.8) is 0 Å². The Balaban J connectivity index is 3.22. The predicted octanol–water partition coefficient (Wildman–Crippen LogP) is 0.660. The van der Waals surface area contributed by atoms with E-state index in [0.717, 1.165) is 0 Å². The van der Waals surface area contributed by atoms with E-state index in [2.05, 4.69) is 16.2 Å². The van der Waals surface area contributed by atoms with Gasteiger partial charge in [0, 0.05) is 23.6 Å². The molecule has 0 saturated carbocycles. The molecule has 0 fully saturated rings. The second kappa shape index (κ2) is 2.61. The van der Waals surface area contributed by atoms with Gasteiger partial charge >= 0.3 is 0 Å². The van der Waals surface area contributed by atoms with Gasteiger partial charge in [-0.2, -0.15) is 0 Å². The Bertz CT molecular complexity index is 306. The minimum absolute atomic E-state index is 0.185. The maximum absolute atomic E-state index is 10.7.